The number of alkyl halides is 3. The van der Waals surface area contributed by atoms with Gasteiger partial charge in [-0.3, -0.25) is 0 Å². The Labute approximate surface area is 109 Å². The summed E-state index contributed by atoms with van der Waals surface area (Å²) in [7, 11) is 0. The largest absolute Gasteiger partial charge is 0.573 e. The van der Waals surface area contributed by atoms with Gasteiger partial charge in [0.25, 0.3) is 0 Å². The summed E-state index contributed by atoms with van der Waals surface area (Å²) in [6, 6.07) is 6.30. The van der Waals surface area contributed by atoms with Gasteiger partial charge in [-0.15, -0.1) is 13.2 Å². The minimum Gasteiger partial charge on any atom is -0.406 e. The number of hydrogen-bond donors (Lipinski definition) is 1. The summed E-state index contributed by atoms with van der Waals surface area (Å²) in [6.45, 7) is 0. The van der Waals surface area contributed by atoms with E-state index in [-0.39, 0.29) is 5.75 Å². The first-order valence-corrected chi connectivity index (χ1v) is 6.30. The fraction of sp³-hybridized carbons (Fsp3) is 0.429. The van der Waals surface area contributed by atoms with Gasteiger partial charge in [-0.05, 0) is 43.0 Å². The highest BCUT2D eigenvalue weighted by molar-refractivity contribution is 5.48. The van der Waals surface area contributed by atoms with Crippen LogP contribution in [-0.4, -0.2) is 12.4 Å². The van der Waals surface area contributed by atoms with Crippen molar-refractivity contribution in [1.29, 1.82) is 0 Å². The summed E-state index contributed by atoms with van der Waals surface area (Å²) >= 11 is 0. The number of anilines is 1. The van der Waals surface area contributed by atoms with Crippen molar-refractivity contribution in [3.8, 4) is 5.75 Å². The molecule has 1 aromatic rings. The maximum Gasteiger partial charge on any atom is 0.573 e. The van der Waals surface area contributed by atoms with E-state index in [9.17, 15) is 13.2 Å². The lowest BCUT2D eigenvalue weighted by Gasteiger charge is -2.41. The van der Waals surface area contributed by atoms with Crippen LogP contribution in [0.15, 0.2) is 36.4 Å². The van der Waals surface area contributed by atoms with Crippen LogP contribution in [0, 0.1) is 11.8 Å². The SMILES string of the molecule is FC(F)(F)Oc1ccc(NC2CC3CC=CC32)cc1. The molecule has 3 rings (SSSR count). The molecule has 19 heavy (non-hydrogen) atoms. The van der Waals surface area contributed by atoms with Crippen LogP contribution in [0.1, 0.15) is 12.8 Å². The summed E-state index contributed by atoms with van der Waals surface area (Å²) in [5.41, 5.74) is 0.832. The van der Waals surface area contributed by atoms with Gasteiger partial charge >= 0.3 is 6.36 Å². The Bertz CT molecular complexity index is 480. The van der Waals surface area contributed by atoms with Gasteiger partial charge in [0, 0.05) is 17.6 Å². The molecule has 0 aromatic heterocycles. The summed E-state index contributed by atoms with van der Waals surface area (Å²) in [5.74, 6) is 1.14. The molecule has 1 fully saturated rings. The Hall–Kier alpha value is -1.65. The van der Waals surface area contributed by atoms with E-state index in [1.807, 2.05) is 0 Å². The molecule has 102 valence electrons. The van der Waals surface area contributed by atoms with Gasteiger partial charge in [-0.25, -0.2) is 0 Å². The molecule has 0 bridgehead atoms. The zero-order chi connectivity index (χ0) is 13.5. The molecule has 5 heteroatoms. The van der Waals surface area contributed by atoms with Crippen LogP contribution in [0.5, 0.6) is 5.75 Å². The lowest BCUT2D eigenvalue weighted by molar-refractivity contribution is -0.274. The topological polar surface area (TPSA) is 21.3 Å². The third kappa shape index (κ3) is 2.69. The van der Waals surface area contributed by atoms with Crippen LogP contribution in [0.2, 0.25) is 0 Å². The quantitative estimate of drug-likeness (QED) is 0.838. The van der Waals surface area contributed by atoms with Crippen LogP contribution in [0.25, 0.3) is 0 Å². The van der Waals surface area contributed by atoms with E-state index in [1.54, 1.807) is 12.1 Å². The fourth-order valence-corrected chi connectivity index (χ4v) is 2.85. The molecule has 1 N–H and O–H groups in total. The Kier molecular flexibility index (Phi) is 2.92. The molecule has 0 aliphatic heterocycles. The normalized spacial score (nSPS) is 28.7. The first-order chi connectivity index (χ1) is 9.01. The van der Waals surface area contributed by atoms with Gasteiger partial charge in [0.15, 0.2) is 0 Å². The van der Waals surface area contributed by atoms with Crippen molar-refractivity contribution in [3.63, 3.8) is 0 Å². The molecule has 1 saturated carbocycles. The molecule has 2 aliphatic carbocycles. The molecule has 2 nitrogen and oxygen atoms in total. The second-order valence-corrected chi connectivity index (χ2v) is 5.06. The predicted molar refractivity (Wildman–Crippen MR) is 65.9 cm³/mol. The maximum absolute atomic E-state index is 12.0. The van der Waals surface area contributed by atoms with Gasteiger partial charge in [-0.1, -0.05) is 12.2 Å². The number of fused-ring (bicyclic) bond motifs is 1. The number of rotatable bonds is 3. The zero-order valence-electron chi connectivity index (χ0n) is 10.2. The number of ether oxygens (including phenoxy) is 1. The number of halogens is 3. The summed E-state index contributed by atoms with van der Waals surface area (Å²) in [6.07, 6.45) is 2.08. The van der Waals surface area contributed by atoms with E-state index in [4.69, 9.17) is 0 Å². The molecular weight excluding hydrogens is 255 g/mol. The van der Waals surface area contributed by atoms with Crippen molar-refractivity contribution in [3.05, 3.63) is 36.4 Å². The standard InChI is InChI=1S/C14H14F3NO/c15-14(16,17)19-11-6-4-10(5-7-11)18-13-8-9-2-1-3-12(9)13/h1,3-7,9,12-13,18H,2,8H2. The molecule has 0 radical (unpaired) electrons. The van der Waals surface area contributed by atoms with E-state index in [2.05, 4.69) is 22.2 Å². The number of benzene rings is 1. The highest BCUT2D eigenvalue weighted by Crippen LogP contribution is 2.44. The van der Waals surface area contributed by atoms with Crippen LogP contribution < -0.4 is 10.1 Å². The van der Waals surface area contributed by atoms with E-state index in [0.717, 1.165) is 24.4 Å². The summed E-state index contributed by atoms with van der Waals surface area (Å²) in [4.78, 5) is 0. The molecule has 0 spiro atoms. The molecule has 0 amide bonds. The van der Waals surface area contributed by atoms with Gasteiger partial charge < -0.3 is 10.1 Å². The third-order valence-electron chi connectivity index (χ3n) is 3.80. The Balaban J connectivity index is 1.59. The van der Waals surface area contributed by atoms with Crippen molar-refractivity contribution in [2.45, 2.75) is 25.2 Å². The van der Waals surface area contributed by atoms with E-state index in [0.29, 0.717) is 12.0 Å². The monoisotopic (exact) mass is 269 g/mol. The first kappa shape index (κ1) is 12.4. The summed E-state index contributed by atoms with van der Waals surface area (Å²) in [5, 5.41) is 3.35. The molecule has 0 heterocycles. The molecule has 1 aromatic carbocycles. The van der Waals surface area contributed by atoms with Crippen LogP contribution in [-0.2, 0) is 0 Å². The predicted octanol–water partition coefficient (Wildman–Crippen LogP) is 3.96. The first-order valence-electron chi connectivity index (χ1n) is 6.30. The van der Waals surface area contributed by atoms with Crippen molar-refractivity contribution in [1.82, 2.24) is 0 Å². The van der Waals surface area contributed by atoms with Gasteiger partial charge in [0.2, 0.25) is 0 Å². The van der Waals surface area contributed by atoms with Gasteiger partial charge in [-0.2, -0.15) is 0 Å². The minimum atomic E-state index is -4.63. The van der Waals surface area contributed by atoms with E-state index >= 15 is 0 Å². The van der Waals surface area contributed by atoms with E-state index < -0.39 is 6.36 Å². The highest BCUT2D eigenvalue weighted by Gasteiger charge is 2.40. The van der Waals surface area contributed by atoms with Crippen LogP contribution >= 0.6 is 0 Å². The second kappa shape index (κ2) is 4.47. The molecule has 3 unspecified atom stereocenters. The van der Waals surface area contributed by atoms with Crippen molar-refractivity contribution < 1.29 is 17.9 Å². The van der Waals surface area contributed by atoms with Crippen molar-refractivity contribution >= 4 is 5.69 Å². The van der Waals surface area contributed by atoms with Gasteiger partial charge in [0.1, 0.15) is 5.75 Å². The molecule has 2 aliphatic rings. The van der Waals surface area contributed by atoms with Crippen LogP contribution in [0.3, 0.4) is 0 Å². The Morgan fingerprint density at radius 1 is 1.16 bits per heavy atom. The minimum absolute atomic E-state index is 0.190. The van der Waals surface area contributed by atoms with E-state index in [1.165, 1.54) is 12.1 Å². The molecule has 3 atom stereocenters. The lowest BCUT2D eigenvalue weighted by atomic mass is 9.71. The Morgan fingerprint density at radius 3 is 2.53 bits per heavy atom. The number of allylic oxidation sites excluding steroid dienone is 1. The van der Waals surface area contributed by atoms with Crippen molar-refractivity contribution in [2.75, 3.05) is 5.32 Å². The summed E-state index contributed by atoms with van der Waals surface area (Å²) < 4.78 is 39.9. The van der Waals surface area contributed by atoms with Crippen LogP contribution in [0.4, 0.5) is 18.9 Å². The van der Waals surface area contributed by atoms with Crippen molar-refractivity contribution in [2.24, 2.45) is 11.8 Å². The maximum atomic E-state index is 12.0. The van der Waals surface area contributed by atoms with Gasteiger partial charge in [0.05, 0.1) is 0 Å². The average molecular weight is 269 g/mol. The smallest absolute Gasteiger partial charge is 0.406 e. The fourth-order valence-electron chi connectivity index (χ4n) is 2.85. The average Bonchev–Trinajstić information content (AvgIpc) is 2.68. The molecule has 0 saturated heterocycles. The lowest BCUT2D eigenvalue weighted by Crippen LogP contribution is -2.43. The number of hydrogen-bond acceptors (Lipinski definition) is 2. The Morgan fingerprint density at radius 2 is 1.89 bits per heavy atom. The highest BCUT2D eigenvalue weighted by atomic mass is 19.4. The zero-order valence-corrected chi connectivity index (χ0v) is 10.2. The molecular formula is C14H14F3NO. The second-order valence-electron chi connectivity index (χ2n) is 5.06. The number of nitrogens with one attached hydrogen (secondary N) is 1. The third-order valence-corrected chi connectivity index (χ3v) is 3.80.